The molecular weight excluding hydrogens is 475 g/mol. The molecule has 0 atom stereocenters. The van der Waals surface area contributed by atoms with Crippen LogP contribution in [0.25, 0.3) is 6.08 Å². The average Bonchev–Trinajstić information content (AvgIpc) is 2.86. The summed E-state index contributed by atoms with van der Waals surface area (Å²) in [6.07, 6.45) is 1.82. The number of hydrogen-bond donors (Lipinski definition) is 0. The van der Waals surface area contributed by atoms with Crippen LogP contribution in [-0.4, -0.2) is 36.7 Å². The molecule has 0 N–H and O–H groups in total. The van der Waals surface area contributed by atoms with Crippen molar-refractivity contribution in [2.24, 2.45) is 0 Å². The first-order valence-corrected chi connectivity index (χ1v) is 9.85. The van der Waals surface area contributed by atoms with Gasteiger partial charge in [0.05, 0.1) is 23.0 Å². The minimum atomic E-state index is -0.155. The number of nitrogens with zero attached hydrogens (tertiary/aromatic N) is 2. The van der Waals surface area contributed by atoms with Crippen LogP contribution >= 0.6 is 34.8 Å². The largest absolute Gasteiger partial charge is 0.492 e. The van der Waals surface area contributed by atoms with Crippen LogP contribution in [0.4, 0.5) is 5.69 Å². The van der Waals surface area contributed by atoms with Gasteiger partial charge in [0.25, 0.3) is 5.91 Å². The number of anilines is 1. The number of ether oxygens (including phenoxy) is 2. The third kappa shape index (κ3) is 3.79. The molecule has 2 aromatic carbocycles. The van der Waals surface area contributed by atoms with Gasteiger partial charge in [-0.15, -0.1) is 0 Å². The van der Waals surface area contributed by atoms with Gasteiger partial charge >= 0.3 is 0 Å². The van der Waals surface area contributed by atoms with E-state index in [1.165, 1.54) is 0 Å². The zero-order valence-electron chi connectivity index (χ0n) is 15.2. The van der Waals surface area contributed by atoms with E-state index in [2.05, 4.69) is 22.6 Å². The molecule has 0 radical (unpaired) electrons. The zero-order chi connectivity index (χ0) is 19.6. The van der Waals surface area contributed by atoms with Gasteiger partial charge in [0, 0.05) is 7.05 Å². The maximum absolute atomic E-state index is 13.0. The Balaban J connectivity index is 2.02. The normalized spacial score (nSPS) is 15.6. The van der Waals surface area contributed by atoms with E-state index in [0.717, 1.165) is 14.8 Å². The summed E-state index contributed by atoms with van der Waals surface area (Å²) in [6, 6.07) is 13.2. The Morgan fingerprint density at radius 3 is 2.56 bits per heavy atom. The molecule has 0 saturated carbocycles. The Labute approximate surface area is 177 Å². The van der Waals surface area contributed by atoms with E-state index in [9.17, 15) is 4.79 Å². The number of likely N-dealkylation sites (N-methyl/N-ethyl adjacent to an activating group) is 1. The number of benzene rings is 2. The highest BCUT2D eigenvalue weighted by atomic mass is 127. The van der Waals surface area contributed by atoms with Crippen molar-refractivity contribution in [1.82, 2.24) is 4.90 Å². The minimum Gasteiger partial charge on any atom is -0.492 e. The van der Waals surface area contributed by atoms with Crippen LogP contribution in [0.1, 0.15) is 12.5 Å². The van der Waals surface area contributed by atoms with Crippen LogP contribution in [0.3, 0.4) is 0 Å². The van der Waals surface area contributed by atoms with Crippen molar-refractivity contribution in [3.63, 3.8) is 0 Å². The van der Waals surface area contributed by atoms with Crippen molar-refractivity contribution < 1.29 is 14.3 Å². The maximum atomic E-state index is 13.0. The quantitative estimate of drug-likeness (QED) is 0.352. The topological polar surface area (TPSA) is 42.0 Å². The summed E-state index contributed by atoms with van der Waals surface area (Å²) in [4.78, 5) is 16.3. The van der Waals surface area contributed by atoms with Crippen LogP contribution in [0.5, 0.6) is 11.5 Å². The molecule has 1 heterocycles. The molecule has 0 aliphatic carbocycles. The average molecular weight is 494 g/mol. The first kappa shape index (κ1) is 19.6. The van der Waals surface area contributed by atoms with Gasteiger partial charge in [-0.25, -0.2) is 0 Å². The van der Waals surface area contributed by atoms with Gasteiger partial charge in [-0.2, -0.15) is 0 Å². The summed E-state index contributed by atoms with van der Waals surface area (Å²) >= 11 is 7.69. The summed E-state index contributed by atoms with van der Waals surface area (Å²) < 4.78 is 12.0. The highest BCUT2D eigenvalue weighted by molar-refractivity contribution is 14.1. The Hall–Kier alpha value is -2.13. The van der Waals surface area contributed by atoms with Gasteiger partial charge < -0.3 is 14.4 Å². The second-order valence-electron chi connectivity index (χ2n) is 5.81. The number of methoxy groups -OCH3 is 1. The summed E-state index contributed by atoms with van der Waals surface area (Å²) in [5.41, 5.74) is 2.10. The smallest absolute Gasteiger partial charge is 0.281 e. The summed E-state index contributed by atoms with van der Waals surface area (Å²) in [6.45, 7) is 2.44. The molecule has 1 amide bonds. The molecule has 0 unspecified atom stereocenters. The number of carbonyl (C=O) groups excluding carboxylic acids is 1. The molecule has 2 aromatic rings. The van der Waals surface area contributed by atoms with Gasteiger partial charge in [-0.3, -0.25) is 9.69 Å². The predicted molar refractivity (Wildman–Crippen MR) is 119 cm³/mol. The zero-order valence-corrected chi connectivity index (χ0v) is 18.2. The lowest BCUT2D eigenvalue weighted by Crippen LogP contribution is -2.30. The fraction of sp³-hybridized carbons (Fsp3) is 0.200. The van der Waals surface area contributed by atoms with Crippen molar-refractivity contribution in [3.05, 3.63) is 57.3 Å². The van der Waals surface area contributed by atoms with Gasteiger partial charge in [0.15, 0.2) is 16.6 Å². The second kappa shape index (κ2) is 8.26. The van der Waals surface area contributed by atoms with Gasteiger partial charge in [0.1, 0.15) is 5.70 Å². The molecule has 1 saturated heterocycles. The molecule has 27 heavy (non-hydrogen) atoms. The van der Waals surface area contributed by atoms with Gasteiger partial charge in [0.2, 0.25) is 0 Å². The molecule has 0 bridgehead atoms. The highest BCUT2D eigenvalue weighted by Crippen LogP contribution is 2.35. The lowest BCUT2D eigenvalue weighted by Gasteiger charge is -2.16. The van der Waals surface area contributed by atoms with E-state index in [4.69, 9.17) is 21.7 Å². The second-order valence-corrected chi connectivity index (χ2v) is 7.34. The molecule has 0 aromatic heterocycles. The van der Waals surface area contributed by atoms with Gasteiger partial charge in [-0.1, -0.05) is 18.2 Å². The summed E-state index contributed by atoms with van der Waals surface area (Å²) in [7, 11) is 3.41. The molecule has 5 nitrogen and oxygen atoms in total. The fourth-order valence-electron chi connectivity index (χ4n) is 2.85. The van der Waals surface area contributed by atoms with E-state index < -0.39 is 0 Å². The number of amides is 1. The number of para-hydroxylation sites is 1. The minimum absolute atomic E-state index is 0.155. The molecule has 140 valence electrons. The van der Waals surface area contributed by atoms with Crippen LogP contribution in [0.2, 0.25) is 0 Å². The Kier molecular flexibility index (Phi) is 6.01. The SMILES string of the molecule is CCOc1cc(/C=C2\C(=O)N(c3ccccc3)C(=S)N2C)cc(I)c1OC. The summed E-state index contributed by atoms with van der Waals surface area (Å²) in [5, 5.41) is 0.450. The Morgan fingerprint density at radius 1 is 1.22 bits per heavy atom. The van der Waals surface area contributed by atoms with E-state index in [1.54, 1.807) is 24.0 Å². The molecule has 1 aliphatic heterocycles. The Bertz CT molecular complexity index is 915. The molecule has 1 fully saturated rings. The summed E-state index contributed by atoms with van der Waals surface area (Å²) in [5.74, 6) is 1.18. The predicted octanol–water partition coefficient (Wildman–Crippen LogP) is 4.30. The number of hydrogen-bond acceptors (Lipinski definition) is 4. The van der Waals surface area contributed by atoms with Crippen LogP contribution < -0.4 is 14.4 Å². The molecule has 0 spiro atoms. The van der Waals surface area contributed by atoms with Gasteiger partial charge in [-0.05, 0) is 77.6 Å². The van der Waals surface area contributed by atoms with Crippen LogP contribution in [0.15, 0.2) is 48.2 Å². The number of halogens is 1. The van der Waals surface area contributed by atoms with Crippen molar-refractivity contribution in [2.75, 3.05) is 25.7 Å². The first-order valence-electron chi connectivity index (χ1n) is 8.37. The molecular formula is C20H19IN2O3S. The first-order chi connectivity index (χ1) is 13.0. The lowest BCUT2D eigenvalue weighted by molar-refractivity contribution is -0.114. The number of rotatable bonds is 5. The highest BCUT2D eigenvalue weighted by Gasteiger charge is 2.36. The van der Waals surface area contributed by atoms with Crippen molar-refractivity contribution in [2.45, 2.75) is 6.92 Å². The molecule has 3 rings (SSSR count). The van der Waals surface area contributed by atoms with Crippen molar-refractivity contribution in [3.8, 4) is 11.5 Å². The number of thiocarbonyl (C=S) groups is 1. The fourth-order valence-corrected chi connectivity index (χ4v) is 3.98. The maximum Gasteiger partial charge on any atom is 0.281 e. The van der Waals surface area contributed by atoms with Crippen LogP contribution in [-0.2, 0) is 4.79 Å². The van der Waals surface area contributed by atoms with E-state index in [-0.39, 0.29) is 5.91 Å². The standard InChI is InChI=1S/C20H19IN2O3S/c1-4-26-17-12-13(10-15(21)18(17)25-3)11-16-19(24)23(20(27)22(16)2)14-8-6-5-7-9-14/h5-12H,4H2,1-3H3/b16-11+. The van der Waals surface area contributed by atoms with Crippen LogP contribution in [0, 0.1) is 3.57 Å². The number of carbonyl (C=O) groups is 1. The van der Waals surface area contributed by atoms with Crippen molar-refractivity contribution in [1.29, 1.82) is 0 Å². The van der Waals surface area contributed by atoms with E-state index in [1.807, 2.05) is 55.5 Å². The van der Waals surface area contributed by atoms with Crippen molar-refractivity contribution >= 4 is 57.6 Å². The Morgan fingerprint density at radius 2 is 1.93 bits per heavy atom. The lowest BCUT2D eigenvalue weighted by atomic mass is 10.1. The third-order valence-corrected chi connectivity index (χ3v) is 5.37. The van der Waals surface area contributed by atoms with E-state index >= 15 is 0 Å². The van der Waals surface area contributed by atoms with E-state index in [0.29, 0.717) is 28.9 Å². The molecule has 7 heteroatoms. The third-order valence-electron chi connectivity index (χ3n) is 4.12. The monoisotopic (exact) mass is 494 g/mol. The molecule has 1 aliphatic rings.